The molecule has 0 bridgehead atoms. The van der Waals surface area contributed by atoms with Gasteiger partial charge in [0.1, 0.15) is 5.75 Å². The van der Waals surface area contributed by atoms with Gasteiger partial charge in [0.05, 0.1) is 11.6 Å². The molecule has 0 aliphatic heterocycles. The lowest BCUT2D eigenvalue weighted by atomic mass is 10.2. The molecule has 0 saturated carbocycles. The maximum Gasteiger partial charge on any atom is 0.137 e. The Labute approximate surface area is 136 Å². The molecule has 0 spiro atoms. The van der Waals surface area contributed by atoms with Gasteiger partial charge in [-0.15, -0.1) is 0 Å². The SMILES string of the molecule is CC(C)CNCc1ccc(OCCc2ccsc2)c(Cl)c1. The number of hydrogen-bond acceptors (Lipinski definition) is 3. The summed E-state index contributed by atoms with van der Waals surface area (Å²) in [6.45, 7) is 6.90. The van der Waals surface area contributed by atoms with Crippen molar-refractivity contribution in [2.24, 2.45) is 5.92 Å². The molecule has 1 N–H and O–H groups in total. The second kappa shape index (κ2) is 8.42. The summed E-state index contributed by atoms with van der Waals surface area (Å²) < 4.78 is 5.76. The first-order chi connectivity index (χ1) is 10.1. The van der Waals surface area contributed by atoms with Crippen LogP contribution in [0.3, 0.4) is 0 Å². The molecule has 0 unspecified atom stereocenters. The molecule has 2 nitrogen and oxygen atoms in total. The van der Waals surface area contributed by atoms with Crippen molar-refractivity contribution in [1.82, 2.24) is 5.32 Å². The van der Waals surface area contributed by atoms with Crippen molar-refractivity contribution in [1.29, 1.82) is 0 Å². The first kappa shape index (κ1) is 16.3. The van der Waals surface area contributed by atoms with Gasteiger partial charge in [0.25, 0.3) is 0 Å². The fourth-order valence-corrected chi connectivity index (χ4v) is 2.95. The molecule has 1 aromatic carbocycles. The van der Waals surface area contributed by atoms with Crippen molar-refractivity contribution in [2.45, 2.75) is 26.8 Å². The van der Waals surface area contributed by atoms with Crippen LogP contribution in [0, 0.1) is 5.92 Å². The number of benzene rings is 1. The molecule has 0 amide bonds. The van der Waals surface area contributed by atoms with Gasteiger partial charge < -0.3 is 10.1 Å². The smallest absolute Gasteiger partial charge is 0.137 e. The van der Waals surface area contributed by atoms with Gasteiger partial charge in [-0.2, -0.15) is 11.3 Å². The molecule has 0 aliphatic rings. The van der Waals surface area contributed by atoms with Crippen LogP contribution in [0.15, 0.2) is 35.0 Å². The van der Waals surface area contributed by atoms with E-state index in [-0.39, 0.29) is 0 Å². The topological polar surface area (TPSA) is 21.3 Å². The molecule has 114 valence electrons. The fourth-order valence-electron chi connectivity index (χ4n) is 1.99. The maximum absolute atomic E-state index is 6.28. The van der Waals surface area contributed by atoms with Crippen LogP contribution in [0.5, 0.6) is 5.75 Å². The van der Waals surface area contributed by atoms with Crippen molar-refractivity contribution in [3.63, 3.8) is 0 Å². The van der Waals surface area contributed by atoms with E-state index in [2.05, 4.69) is 42.1 Å². The Kier molecular flexibility index (Phi) is 6.55. The van der Waals surface area contributed by atoms with Gasteiger partial charge in [-0.3, -0.25) is 0 Å². The molecule has 4 heteroatoms. The monoisotopic (exact) mass is 323 g/mol. The van der Waals surface area contributed by atoms with E-state index in [1.165, 1.54) is 11.1 Å². The van der Waals surface area contributed by atoms with E-state index in [0.717, 1.165) is 25.3 Å². The van der Waals surface area contributed by atoms with Gasteiger partial charge in [-0.05, 0) is 52.5 Å². The van der Waals surface area contributed by atoms with E-state index in [1.54, 1.807) is 11.3 Å². The summed E-state index contributed by atoms with van der Waals surface area (Å²) in [5.74, 6) is 1.42. The molecule has 0 atom stereocenters. The minimum Gasteiger partial charge on any atom is -0.492 e. The Morgan fingerprint density at radius 2 is 2.10 bits per heavy atom. The second-order valence-corrected chi connectivity index (χ2v) is 6.71. The van der Waals surface area contributed by atoms with Gasteiger partial charge >= 0.3 is 0 Å². The van der Waals surface area contributed by atoms with Gasteiger partial charge in [0.15, 0.2) is 0 Å². The summed E-state index contributed by atoms with van der Waals surface area (Å²) in [6, 6.07) is 8.13. The van der Waals surface area contributed by atoms with E-state index in [0.29, 0.717) is 17.5 Å². The van der Waals surface area contributed by atoms with E-state index < -0.39 is 0 Å². The van der Waals surface area contributed by atoms with Crippen LogP contribution in [0.1, 0.15) is 25.0 Å². The number of ether oxygens (including phenoxy) is 1. The summed E-state index contributed by atoms with van der Waals surface area (Å²) in [4.78, 5) is 0. The van der Waals surface area contributed by atoms with Crippen LogP contribution >= 0.6 is 22.9 Å². The summed E-state index contributed by atoms with van der Waals surface area (Å²) >= 11 is 7.99. The van der Waals surface area contributed by atoms with Crippen molar-refractivity contribution in [2.75, 3.05) is 13.2 Å². The first-order valence-electron chi connectivity index (χ1n) is 7.28. The van der Waals surface area contributed by atoms with Gasteiger partial charge in [0, 0.05) is 13.0 Å². The predicted octanol–water partition coefficient (Wildman–Crippen LogP) is 4.77. The number of rotatable bonds is 8. The third kappa shape index (κ3) is 5.70. The summed E-state index contributed by atoms with van der Waals surface area (Å²) in [5.41, 5.74) is 2.50. The Morgan fingerprint density at radius 1 is 1.24 bits per heavy atom. The minimum absolute atomic E-state index is 0.653. The van der Waals surface area contributed by atoms with E-state index in [9.17, 15) is 0 Å². The molecule has 2 rings (SSSR count). The molecule has 21 heavy (non-hydrogen) atoms. The zero-order chi connectivity index (χ0) is 15.1. The van der Waals surface area contributed by atoms with Crippen LogP contribution in [-0.4, -0.2) is 13.2 Å². The Hall–Kier alpha value is -1.03. The quantitative estimate of drug-likeness (QED) is 0.755. The highest BCUT2D eigenvalue weighted by Crippen LogP contribution is 2.25. The zero-order valence-electron chi connectivity index (χ0n) is 12.6. The lowest BCUT2D eigenvalue weighted by Gasteiger charge is -2.11. The van der Waals surface area contributed by atoms with Crippen LogP contribution in [-0.2, 0) is 13.0 Å². The van der Waals surface area contributed by atoms with E-state index >= 15 is 0 Å². The molecule has 0 radical (unpaired) electrons. The molecule has 1 heterocycles. The Morgan fingerprint density at radius 3 is 2.76 bits per heavy atom. The van der Waals surface area contributed by atoms with Gasteiger partial charge in [0.2, 0.25) is 0 Å². The van der Waals surface area contributed by atoms with Crippen molar-refractivity contribution < 1.29 is 4.74 Å². The molecule has 2 aromatic rings. The zero-order valence-corrected chi connectivity index (χ0v) is 14.1. The third-order valence-electron chi connectivity index (χ3n) is 3.11. The van der Waals surface area contributed by atoms with E-state index in [1.807, 2.05) is 12.1 Å². The summed E-state index contributed by atoms with van der Waals surface area (Å²) in [7, 11) is 0. The van der Waals surface area contributed by atoms with Crippen LogP contribution in [0.2, 0.25) is 5.02 Å². The first-order valence-corrected chi connectivity index (χ1v) is 8.60. The van der Waals surface area contributed by atoms with Crippen LogP contribution < -0.4 is 10.1 Å². The molecular weight excluding hydrogens is 302 g/mol. The third-order valence-corrected chi connectivity index (χ3v) is 4.13. The Bertz CT molecular complexity index is 540. The second-order valence-electron chi connectivity index (χ2n) is 5.52. The molecule has 0 fully saturated rings. The number of nitrogens with one attached hydrogen (secondary N) is 1. The normalized spacial score (nSPS) is 11.0. The highest BCUT2D eigenvalue weighted by Gasteiger charge is 2.04. The highest BCUT2D eigenvalue weighted by atomic mass is 35.5. The van der Waals surface area contributed by atoms with Gasteiger partial charge in [-0.25, -0.2) is 0 Å². The average molecular weight is 324 g/mol. The number of hydrogen-bond donors (Lipinski definition) is 1. The largest absolute Gasteiger partial charge is 0.492 e. The number of halogens is 1. The van der Waals surface area contributed by atoms with Crippen LogP contribution in [0.4, 0.5) is 0 Å². The molecular formula is C17H22ClNOS. The highest BCUT2D eigenvalue weighted by molar-refractivity contribution is 7.07. The summed E-state index contributed by atoms with van der Waals surface area (Å²) in [6.07, 6.45) is 0.914. The fraction of sp³-hybridized carbons (Fsp3) is 0.412. The van der Waals surface area contributed by atoms with Crippen molar-refractivity contribution in [3.8, 4) is 5.75 Å². The summed E-state index contributed by atoms with van der Waals surface area (Å²) in [5, 5.41) is 8.33. The molecule has 1 aromatic heterocycles. The van der Waals surface area contributed by atoms with Crippen molar-refractivity contribution >= 4 is 22.9 Å². The van der Waals surface area contributed by atoms with Gasteiger partial charge in [-0.1, -0.05) is 31.5 Å². The average Bonchev–Trinajstić information content (AvgIpc) is 2.94. The lowest BCUT2D eigenvalue weighted by Crippen LogP contribution is -2.18. The standard InChI is InChI=1S/C17H22ClNOS/c1-13(2)10-19-11-15-3-4-17(16(18)9-15)20-7-5-14-6-8-21-12-14/h3-4,6,8-9,12-13,19H,5,7,10-11H2,1-2H3. The predicted molar refractivity (Wildman–Crippen MR) is 91.5 cm³/mol. The molecule has 0 saturated heterocycles. The maximum atomic E-state index is 6.28. The number of thiophene rings is 1. The minimum atomic E-state index is 0.653. The Balaban J connectivity index is 1.81. The molecule has 0 aliphatic carbocycles. The lowest BCUT2D eigenvalue weighted by molar-refractivity contribution is 0.322. The van der Waals surface area contributed by atoms with Crippen LogP contribution in [0.25, 0.3) is 0 Å². The van der Waals surface area contributed by atoms with E-state index in [4.69, 9.17) is 16.3 Å². The van der Waals surface area contributed by atoms with Crippen molar-refractivity contribution in [3.05, 3.63) is 51.2 Å².